The fraction of sp³-hybridized carbons (Fsp3) is 0.400. The Morgan fingerprint density at radius 3 is 2.85 bits per heavy atom. The van der Waals surface area contributed by atoms with E-state index in [2.05, 4.69) is 42.6 Å². The van der Waals surface area contributed by atoms with E-state index >= 15 is 0 Å². The number of rotatable bonds is 9. The maximum Gasteiger partial charge on any atom is 0.267 e. The number of nitrogens with one attached hydrogen (secondary N) is 1. The number of aromatic nitrogens is 2. The highest BCUT2D eigenvalue weighted by Crippen LogP contribution is 2.20. The maximum atomic E-state index is 11.1. The van der Waals surface area contributed by atoms with E-state index in [0.29, 0.717) is 0 Å². The summed E-state index contributed by atoms with van der Waals surface area (Å²) in [6.45, 7) is 3.97. The molecule has 0 aliphatic carbocycles. The summed E-state index contributed by atoms with van der Waals surface area (Å²) in [5.41, 5.74) is 4.48. The number of imidazole rings is 1. The molecule has 1 amide bonds. The average Bonchev–Trinajstić information content (AvgIpc) is 2.98. The van der Waals surface area contributed by atoms with Crippen molar-refractivity contribution >= 4 is 23.0 Å². The first kappa shape index (κ1) is 19.9. The van der Waals surface area contributed by atoms with Gasteiger partial charge in [0, 0.05) is 25.6 Å². The summed E-state index contributed by atoms with van der Waals surface area (Å²) in [5, 5.41) is 8.57. The van der Waals surface area contributed by atoms with Crippen molar-refractivity contribution in [2.45, 2.75) is 32.7 Å². The van der Waals surface area contributed by atoms with Crippen LogP contribution >= 0.6 is 0 Å². The first-order valence-electron chi connectivity index (χ1n) is 8.96. The van der Waals surface area contributed by atoms with Gasteiger partial charge in [0.05, 0.1) is 11.0 Å². The highest BCUT2D eigenvalue weighted by atomic mass is 16.5. The lowest BCUT2D eigenvalue weighted by Gasteiger charge is -2.13. The van der Waals surface area contributed by atoms with Gasteiger partial charge < -0.3 is 9.47 Å². The molecule has 2 N–H and O–H groups in total. The van der Waals surface area contributed by atoms with Crippen molar-refractivity contribution < 1.29 is 10.0 Å². The second-order valence-electron chi connectivity index (χ2n) is 6.46. The number of fused-ring (bicyclic) bond motifs is 1. The van der Waals surface area contributed by atoms with Crippen LogP contribution in [0.2, 0.25) is 0 Å². The Balaban J connectivity index is 2.31. The van der Waals surface area contributed by atoms with Crippen molar-refractivity contribution in [2.24, 2.45) is 0 Å². The van der Waals surface area contributed by atoms with E-state index in [4.69, 9.17) is 10.2 Å². The lowest BCUT2D eigenvalue weighted by molar-refractivity contribution is -0.124. The third kappa shape index (κ3) is 5.54. The predicted octanol–water partition coefficient (Wildman–Crippen LogP) is 3.02. The number of carbonyl (C=O) groups is 1. The van der Waals surface area contributed by atoms with Crippen molar-refractivity contribution in [2.75, 3.05) is 20.6 Å². The van der Waals surface area contributed by atoms with E-state index in [0.717, 1.165) is 54.8 Å². The van der Waals surface area contributed by atoms with E-state index in [9.17, 15) is 4.79 Å². The summed E-state index contributed by atoms with van der Waals surface area (Å²) >= 11 is 0. The number of allylic oxidation sites excluding steroid dienone is 2. The van der Waals surface area contributed by atoms with Crippen LogP contribution in [0.3, 0.4) is 0 Å². The third-order valence-electron chi connectivity index (χ3n) is 4.10. The summed E-state index contributed by atoms with van der Waals surface area (Å²) in [6, 6.07) is 5.96. The lowest BCUT2D eigenvalue weighted by Crippen LogP contribution is -2.19. The minimum Gasteiger partial charge on any atom is -0.327 e. The molecule has 0 fully saturated rings. The van der Waals surface area contributed by atoms with Crippen LogP contribution in [0.4, 0.5) is 0 Å². The van der Waals surface area contributed by atoms with Crippen LogP contribution in [0.25, 0.3) is 17.1 Å². The molecule has 2 rings (SSSR count). The van der Waals surface area contributed by atoms with Crippen LogP contribution < -0.4 is 5.48 Å². The summed E-state index contributed by atoms with van der Waals surface area (Å²) in [4.78, 5) is 18.1. The SMILES string of the molecule is CC/C=C\CCc1nc2cc(/C=C/C(=O)NO)ccc2n1CCN(C)C. The molecule has 2 aromatic rings. The molecule has 0 aliphatic heterocycles. The van der Waals surface area contributed by atoms with Crippen LogP contribution in [-0.2, 0) is 17.8 Å². The number of likely N-dealkylation sites (N-methyl/N-ethyl adjacent to an activating group) is 1. The fourth-order valence-electron chi connectivity index (χ4n) is 2.75. The lowest BCUT2D eigenvalue weighted by atomic mass is 10.2. The van der Waals surface area contributed by atoms with E-state index < -0.39 is 5.91 Å². The summed E-state index contributed by atoms with van der Waals surface area (Å²) in [5.74, 6) is 0.529. The largest absolute Gasteiger partial charge is 0.327 e. The monoisotopic (exact) mass is 356 g/mol. The molecule has 140 valence electrons. The van der Waals surface area contributed by atoms with E-state index in [1.807, 2.05) is 18.2 Å². The van der Waals surface area contributed by atoms with Gasteiger partial charge in [-0.15, -0.1) is 0 Å². The van der Waals surface area contributed by atoms with Gasteiger partial charge in [0.25, 0.3) is 5.91 Å². The first-order valence-corrected chi connectivity index (χ1v) is 8.96. The minimum absolute atomic E-state index is 0.551. The van der Waals surface area contributed by atoms with Crippen molar-refractivity contribution in [3.05, 3.63) is 47.8 Å². The Bertz CT molecular complexity index is 790. The van der Waals surface area contributed by atoms with Gasteiger partial charge in [-0.05, 0) is 50.7 Å². The van der Waals surface area contributed by atoms with Gasteiger partial charge >= 0.3 is 0 Å². The van der Waals surface area contributed by atoms with E-state index in [1.54, 1.807) is 11.6 Å². The van der Waals surface area contributed by atoms with Gasteiger partial charge in [-0.25, -0.2) is 10.5 Å². The van der Waals surface area contributed by atoms with Crippen LogP contribution in [0, 0.1) is 0 Å². The summed E-state index contributed by atoms with van der Waals surface area (Å²) in [7, 11) is 4.13. The number of hydrogen-bond acceptors (Lipinski definition) is 4. The Hall–Kier alpha value is -2.44. The molecule has 26 heavy (non-hydrogen) atoms. The van der Waals surface area contributed by atoms with Crippen LogP contribution in [0.5, 0.6) is 0 Å². The molecule has 1 heterocycles. The first-order chi connectivity index (χ1) is 12.5. The van der Waals surface area contributed by atoms with E-state index in [-0.39, 0.29) is 0 Å². The number of amides is 1. The van der Waals surface area contributed by atoms with Crippen LogP contribution in [0.1, 0.15) is 31.2 Å². The standard InChI is InChI=1S/C20H28N4O2/c1-4-5-6-7-8-19-21-17-15-16(10-12-20(25)22-26)9-11-18(17)24(19)14-13-23(2)3/h5-6,9-12,15,26H,4,7-8,13-14H2,1-3H3,(H,22,25)/b6-5-,12-10+. The quantitative estimate of drug-likeness (QED) is 0.314. The van der Waals surface area contributed by atoms with Crippen LogP contribution in [-0.4, -0.2) is 46.2 Å². The topological polar surface area (TPSA) is 70.4 Å². The van der Waals surface area contributed by atoms with Gasteiger partial charge in [-0.2, -0.15) is 0 Å². The predicted molar refractivity (Wildman–Crippen MR) is 105 cm³/mol. The summed E-state index contributed by atoms with van der Waals surface area (Å²) < 4.78 is 2.28. The number of nitrogens with zero attached hydrogens (tertiary/aromatic N) is 3. The molecule has 0 radical (unpaired) electrons. The maximum absolute atomic E-state index is 11.1. The number of carbonyl (C=O) groups excluding carboxylic acids is 1. The second kappa shape index (κ2) is 9.89. The highest BCUT2D eigenvalue weighted by Gasteiger charge is 2.11. The Morgan fingerprint density at radius 1 is 1.35 bits per heavy atom. The Kier molecular flexibility index (Phi) is 7.56. The van der Waals surface area contributed by atoms with Gasteiger partial charge in [0.15, 0.2) is 0 Å². The normalized spacial score (nSPS) is 12.0. The summed E-state index contributed by atoms with van der Waals surface area (Å²) in [6.07, 6.45) is 10.3. The van der Waals surface area contributed by atoms with Crippen molar-refractivity contribution in [1.82, 2.24) is 19.9 Å². The Morgan fingerprint density at radius 2 is 2.15 bits per heavy atom. The van der Waals surface area contributed by atoms with Crippen LogP contribution in [0.15, 0.2) is 36.4 Å². The molecule has 0 spiro atoms. The smallest absolute Gasteiger partial charge is 0.267 e. The molecule has 1 aromatic carbocycles. The molecule has 0 bridgehead atoms. The molecule has 0 unspecified atom stereocenters. The van der Waals surface area contributed by atoms with Gasteiger partial charge in [0.1, 0.15) is 5.82 Å². The molecule has 0 saturated heterocycles. The van der Waals surface area contributed by atoms with Gasteiger partial charge in [-0.3, -0.25) is 10.0 Å². The third-order valence-corrected chi connectivity index (χ3v) is 4.10. The zero-order valence-corrected chi connectivity index (χ0v) is 15.8. The molecular formula is C20H28N4O2. The molecule has 6 nitrogen and oxygen atoms in total. The molecule has 0 aliphatic rings. The zero-order valence-electron chi connectivity index (χ0n) is 15.8. The van der Waals surface area contributed by atoms with Crippen molar-refractivity contribution in [1.29, 1.82) is 0 Å². The molecule has 1 aromatic heterocycles. The van der Waals surface area contributed by atoms with Gasteiger partial charge in [-0.1, -0.05) is 25.1 Å². The minimum atomic E-state index is -0.551. The van der Waals surface area contributed by atoms with Crippen molar-refractivity contribution in [3.8, 4) is 0 Å². The van der Waals surface area contributed by atoms with Gasteiger partial charge in [0.2, 0.25) is 0 Å². The number of hydroxylamine groups is 1. The molecular weight excluding hydrogens is 328 g/mol. The van der Waals surface area contributed by atoms with E-state index in [1.165, 1.54) is 6.08 Å². The second-order valence-corrected chi connectivity index (χ2v) is 6.46. The highest BCUT2D eigenvalue weighted by molar-refractivity contribution is 5.91. The Labute approximate surface area is 154 Å². The number of benzene rings is 1. The molecule has 6 heteroatoms. The average molecular weight is 356 g/mol. The number of hydrogen-bond donors (Lipinski definition) is 2. The fourth-order valence-corrected chi connectivity index (χ4v) is 2.75. The molecule has 0 saturated carbocycles. The zero-order chi connectivity index (χ0) is 18.9. The van der Waals surface area contributed by atoms with Crippen molar-refractivity contribution in [3.63, 3.8) is 0 Å². The number of aryl methyl sites for hydroxylation is 1. The molecule has 0 atom stereocenters.